The van der Waals surface area contributed by atoms with Crippen molar-refractivity contribution in [3.05, 3.63) is 34.1 Å². The second-order valence-electron chi connectivity index (χ2n) is 3.31. The van der Waals surface area contributed by atoms with E-state index in [2.05, 4.69) is 0 Å². The van der Waals surface area contributed by atoms with Crippen LogP contribution in [0, 0.1) is 12.7 Å². The molecule has 0 saturated heterocycles. The van der Waals surface area contributed by atoms with E-state index in [0.717, 1.165) is 5.56 Å². The Balaban J connectivity index is 3.03. The molecule has 0 aromatic heterocycles. The standard InChI is InChI=1S/C10H11ClFNO2/c1-5-2-3-7(12)9(11)6(5)4-8(13)10(14)15/h2-3,8H,4,13H2,1H3,(H,14,15). The molecule has 15 heavy (non-hydrogen) atoms. The normalized spacial score (nSPS) is 12.5. The summed E-state index contributed by atoms with van der Waals surface area (Å²) in [5.41, 5.74) is 6.54. The molecule has 3 N–H and O–H groups in total. The van der Waals surface area contributed by atoms with Crippen molar-refractivity contribution in [2.75, 3.05) is 0 Å². The zero-order valence-corrected chi connectivity index (χ0v) is 8.88. The molecule has 0 heterocycles. The van der Waals surface area contributed by atoms with Crippen LogP contribution < -0.4 is 5.73 Å². The lowest BCUT2D eigenvalue weighted by molar-refractivity contribution is -0.138. The highest BCUT2D eigenvalue weighted by Crippen LogP contribution is 2.24. The van der Waals surface area contributed by atoms with E-state index in [1.807, 2.05) is 0 Å². The van der Waals surface area contributed by atoms with Gasteiger partial charge in [0.05, 0.1) is 5.02 Å². The number of nitrogens with two attached hydrogens (primary N) is 1. The van der Waals surface area contributed by atoms with Gasteiger partial charge in [0.15, 0.2) is 0 Å². The minimum atomic E-state index is -1.13. The van der Waals surface area contributed by atoms with Gasteiger partial charge in [-0.05, 0) is 24.1 Å². The largest absolute Gasteiger partial charge is 0.480 e. The van der Waals surface area contributed by atoms with Gasteiger partial charge in [0.2, 0.25) is 0 Å². The second kappa shape index (κ2) is 4.59. The maximum absolute atomic E-state index is 13.1. The van der Waals surface area contributed by atoms with Gasteiger partial charge in [-0.2, -0.15) is 0 Å². The summed E-state index contributed by atoms with van der Waals surface area (Å²) < 4.78 is 13.1. The van der Waals surface area contributed by atoms with E-state index in [0.29, 0.717) is 5.56 Å². The number of carbonyl (C=O) groups is 1. The molecule has 82 valence electrons. The summed E-state index contributed by atoms with van der Waals surface area (Å²) in [4.78, 5) is 10.5. The molecular formula is C10H11ClFNO2. The Hall–Kier alpha value is -1.13. The Morgan fingerprint density at radius 1 is 1.67 bits per heavy atom. The highest BCUT2D eigenvalue weighted by Gasteiger charge is 2.17. The minimum Gasteiger partial charge on any atom is -0.480 e. The number of halogens is 2. The zero-order chi connectivity index (χ0) is 11.6. The maximum Gasteiger partial charge on any atom is 0.320 e. The summed E-state index contributed by atoms with van der Waals surface area (Å²) in [7, 11) is 0. The van der Waals surface area contributed by atoms with Crippen molar-refractivity contribution in [2.24, 2.45) is 5.73 Å². The lowest BCUT2D eigenvalue weighted by Crippen LogP contribution is -2.32. The van der Waals surface area contributed by atoms with Crippen molar-refractivity contribution >= 4 is 17.6 Å². The molecular weight excluding hydrogens is 221 g/mol. The van der Waals surface area contributed by atoms with Gasteiger partial charge >= 0.3 is 5.97 Å². The molecule has 0 saturated carbocycles. The molecule has 3 nitrogen and oxygen atoms in total. The first-order chi connectivity index (χ1) is 6.93. The van der Waals surface area contributed by atoms with Crippen LogP contribution in [-0.2, 0) is 11.2 Å². The number of benzene rings is 1. The van der Waals surface area contributed by atoms with Gasteiger partial charge < -0.3 is 10.8 Å². The molecule has 1 aromatic rings. The first-order valence-electron chi connectivity index (χ1n) is 4.35. The highest BCUT2D eigenvalue weighted by atomic mass is 35.5. The molecule has 5 heteroatoms. The van der Waals surface area contributed by atoms with Crippen LogP contribution in [0.1, 0.15) is 11.1 Å². The topological polar surface area (TPSA) is 63.3 Å². The van der Waals surface area contributed by atoms with Crippen LogP contribution in [0.25, 0.3) is 0 Å². The molecule has 1 atom stereocenters. The minimum absolute atomic E-state index is 0.0256. The van der Waals surface area contributed by atoms with Gasteiger partial charge in [-0.15, -0.1) is 0 Å². The monoisotopic (exact) mass is 231 g/mol. The lowest BCUT2D eigenvalue weighted by atomic mass is 10.0. The van der Waals surface area contributed by atoms with Crippen LogP contribution in [-0.4, -0.2) is 17.1 Å². The first-order valence-corrected chi connectivity index (χ1v) is 4.73. The molecule has 0 radical (unpaired) electrons. The van der Waals surface area contributed by atoms with Gasteiger partial charge in [0.25, 0.3) is 0 Å². The van der Waals surface area contributed by atoms with Crippen molar-refractivity contribution in [3.8, 4) is 0 Å². The smallest absolute Gasteiger partial charge is 0.320 e. The van der Waals surface area contributed by atoms with Crippen molar-refractivity contribution in [2.45, 2.75) is 19.4 Å². The molecule has 0 aliphatic heterocycles. The molecule has 0 spiro atoms. The SMILES string of the molecule is Cc1ccc(F)c(Cl)c1CC(N)C(=O)O. The molecule has 1 aromatic carbocycles. The van der Waals surface area contributed by atoms with Crippen molar-refractivity contribution in [3.63, 3.8) is 0 Å². The predicted octanol–water partition coefficient (Wildman–Crippen LogP) is 1.74. The summed E-state index contributed by atoms with van der Waals surface area (Å²) in [5.74, 6) is -1.69. The van der Waals surface area contributed by atoms with E-state index in [9.17, 15) is 9.18 Å². The first kappa shape index (κ1) is 11.9. The fourth-order valence-electron chi connectivity index (χ4n) is 1.25. The highest BCUT2D eigenvalue weighted by molar-refractivity contribution is 6.31. The van der Waals surface area contributed by atoms with Crippen LogP contribution in [0.15, 0.2) is 12.1 Å². The Morgan fingerprint density at radius 2 is 2.27 bits per heavy atom. The number of carboxylic acid groups (broad SMARTS) is 1. The number of aryl methyl sites for hydroxylation is 1. The lowest BCUT2D eigenvalue weighted by Gasteiger charge is -2.11. The van der Waals surface area contributed by atoms with Crippen molar-refractivity contribution in [1.82, 2.24) is 0 Å². The van der Waals surface area contributed by atoms with Crippen LogP contribution in [0.2, 0.25) is 5.02 Å². The van der Waals surface area contributed by atoms with E-state index in [1.54, 1.807) is 13.0 Å². The molecule has 0 aliphatic rings. The van der Waals surface area contributed by atoms with Gasteiger partial charge in [-0.1, -0.05) is 17.7 Å². The molecule has 0 fully saturated rings. The molecule has 1 rings (SSSR count). The average Bonchev–Trinajstić information content (AvgIpc) is 2.18. The van der Waals surface area contributed by atoms with Gasteiger partial charge in [-0.25, -0.2) is 4.39 Å². The van der Waals surface area contributed by atoms with Gasteiger partial charge in [0.1, 0.15) is 11.9 Å². The average molecular weight is 232 g/mol. The number of carboxylic acids is 1. The van der Waals surface area contributed by atoms with Crippen LogP contribution in [0.4, 0.5) is 4.39 Å². The van der Waals surface area contributed by atoms with Gasteiger partial charge in [0, 0.05) is 6.42 Å². The maximum atomic E-state index is 13.1. The van der Waals surface area contributed by atoms with Crippen LogP contribution in [0.3, 0.4) is 0 Å². The predicted molar refractivity (Wildman–Crippen MR) is 55.5 cm³/mol. The Kier molecular flexibility index (Phi) is 3.66. The fraction of sp³-hybridized carbons (Fsp3) is 0.300. The zero-order valence-electron chi connectivity index (χ0n) is 8.13. The fourth-order valence-corrected chi connectivity index (χ4v) is 1.54. The van der Waals surface area contributed by atoms with E-state index in [4.69, 9.17) is 22.4 Å². The summed E-state index contributed by atoms with van der Waals surface area (Å²) in [6, 6.07) is 1.72. The van der Waals surface area contributed by atoms with Crippen molar-refractivity contribution < 1.29 is 14.3 Å². The molecule has 0 aliphatic carbocycles. The van der Waals surface area contributed by atoms with Crippen LogP contribution in [0.5, 0.6) is 0 Å². The van der Waals surface area contributed by atoms with Crippen molar-refractivity contribution in [1.29, 1.82) is 0 Å². The number of hydrogen-bond acceptors (Lipinski definition) is 2. The number of hydrogen-bond donors (Lipinski definition) is 2. The summed E-state index contributed by atoms with van der Waals surface area (Å²) >= 11 is 5.72. The third-order valence-electron chi connectivity index (χ3n) is 2.17. The summed E-state index contributed by atoms with van der Waals surface area (Å²) in [6.45, 7) is 1.73. The second-order valence-corrected chi connectivity index (χ2v) is 3.68. The third kappa shape index (κ3) is 2.67. The molecule has 0 amide bonds. The van der Waals surface area contributed by atoms with Gasteiger partial charge in [-0.3, -0.25) is 4.79 Å². The molecule has 1 unspecified atom stereocenters. The van der Waals surface area contributed by atoms with E-state index in [-0.39, 0.29) is 11.4 Å². The summed E-state index contributed by atoms with van der Waals surface area (Å²) in [6.07, 6.45) is 0.0256. The summed E-state index contributed by atoms with van der Waals surface area (Å²) in [5, 5.41) is 8.58. The number of aliphatic carboxylic acids is 1. The van der Waals surface area contributed by atoms with Crippen LogP contribution >= 0.6 is 11.6 Å². The van der Waals surface area contributed by atoms with E-state index in [1.165, 1.54) is 6.07 Å². The Labute approximate surface area is 91.7 Å². The Bertz CT molecular complexity index is 395. The Morgan fingerprint density at radius 3 is 2.80 bits per heavy atom. The quantitative estimate of drug-likeness (QED) is 0.833. The third-order valence-corrected chi connectivity index (χ3v) is 2.58. The number of rotatable bonds is 3. The van der Waals surface area contributed by atoms with E-state index < -0.39 is 17.8 Å². The molecule has 0 bridgehead atoms. The van der Waals surface area contributed by atoms with E-state index >= 15 is 0 Å².